The maximum Gasteiger partial charge on any atom is 0.336 e. The molecule has 0 bridgehead atoms. The van der Waals surface area contributed by atoms with Crippen LogP contribution >= 0.6 is 0 Å². The van der Waals surface area contributed by atoms with Gasteiger partial charge in [0, 0.05) is 35.9 Å². The molecule has 3 heterocycles. The Morgan fingerprint density at radius 3 is 2.72 bits per heavy atom. The van der Waals surface area contributed by atoms with Gasteiger partial charge in [0.2, 0.25) is 0 Å². The molecular formula is C20H16N4O5. The largest absolute Gasteiger partial charge is 0.423 e. The molecule has 0 aliphatic rings. The summed E-state index contributed by atoms with van der Waals surface area (Å²) in [6, 6.07) is 7.76. The second kappa shape index (κ2) is 6.86. The SMILES string of the molecule is CCn1c(=O)[nH]c(=O)c2cc(C(=O)Nc3ccc4c(C)cc(=O)oc4c3)cnc21. The Labute approximate surface area is 162 Å². The van der Waals surface area contributed by atoms with Gasteiger partial charge in [0.25, 0.3) is 11.5 Å². The lowest BCUT2D eigenvalue weighted by Crippen LogP contribution is -2.30. The molecule has 29 heavy (non-hydrogen) atoms. The molecule has 0 fully saturated rings. The van der Waals surface area contributed by atoms with Crippen LogP contribution in [0.5, 0.6) is 0 Å². The summed E-state index contributed by atoms with van der Waals surface area (Å²) < 4.78 is 6.50. The first-order valence-corrected chi connectivity index (χ1v) is 8.86. The number of hydrogen-bond donors (Lipinski definition) is 2. The van der Waals surface area contributed by atoms with Crippen LogP contribution in [0.1, 0.15) is 22.8 Å². The fourth-order valence-corrected chi connectivity index (χ4v) is 3.19. The van der Waals surface area contributed by atoms with Crippen LogP contribution in [-0.4, -0.2) is 20.4 Å². The first-order valence-electron chi connectivity index (χ1n) is 8.86. The van der Waals surface area contributed by atoms with Crippen molar-refractivity contribution in [3.63, 3.8) is 0 Å². The standard InChI is InChI=1S/C20H16N4O5/c1-3-24-17-14(19(27)23-20(24)28)7-11(9-21-17)18(26)22-12-4-5-13-10(2)6-16(25)29-15(13)8-12/h4-9H,3H2,1-2H3,(H,22,26)(H,23,27,28). The molecule has 3 aromatic heterocycles. The number of pyridine rings is 1. The van der Waals surface area contributed by atoms with Gasteiger partial charge in [-0.2, -0.15) is 0 Å². The van der Waals surface area contributed by atoms with E-state index in [0.29, 0.717) is 17.8 Å². The Morgan fingerprint density at radius 2 is 1.97 bits per heavy atom. The van der Waals surface area contributed by atoms with Gasteiger partial charge in [0.15, 0.2) is 0 Å². The third-order valence-corrected chi connectivity index (χ3v) is 4.62. The summed E-state index contributed by atoms with van der Waals surface area (Å²) in [4.78, 5) is 54.5. The van der Waals surface area contributed by atoms with E-state index in [2.05, 4.69) is 15.3 Å². The van der Waals surface area contributed by atoms with Crippen LogP contribution in [0.25, 0.3) is 22.0 Å². The third kappa shape index (κ3) is 3.22. The van der Waals surface area contributed by atoms with E-state index in [1.54, 1.807) is 32.0 Å². The highest BCUT2D eigenvalue weighted by Gasteiger charge is 2.13. The molecule has 1 amide bonds. The van der Waals surface area contributed by atoms with E-state index < -0.39 is 22.8 Å². The minimum absolute atomic E-state index is 0.138. The number of aryl methyl sites for hydroxylation is 2. The molecule has 4 aromatic rings. The van der Waals surface area contributed by atoms with E-state index in [1.807, 2.05) is 0 Å². The van der Waals surface area contributed by atoms with E-state index in [4.69, 9.17) is 4.42 Å². The molecule has 146 valence electrons. The number of carbonyl (C=O) groups excluding carboxylic acids is 1. The van der Waals surface area contributed by atoms with Crippen molar-refractivity contribution in [3.05, 3.63) is 78.9 Å². The molecule has 0 saturated heterocycles. The second-order valence-electron chi connectivity index (χ2n) is 6.51. The van der Waals surface area contributed by atoms with E-state index in [0.717, 1.165) is 10.9 Å². The van der Waals surface area contributed by atoms with E-state index in [-0.39, 0.29) is 16.6 Å². The van der Waals surface area contributed by atoms with Crippen molar-refractivity contribution in [1.29, 1.82) is 0 Å². The Bertz CT molecular complexity index is 1460. The normalized spacial score (nSPS) is 11.1. The topological polar surface area (TPSA) is 127 Å². The molecule has 0 spiro atoms. The first-order chi connectivity index (χ1) is 13.9. The Balaban J connectivity index is 1.72. The van der Waals surface area contributed by atoms with Gasteiger partial charge in [-0.15, -0.1) is 0 Å². The molecule has 4 rings (SSSR count). The summed E-state index contributed by atoms with van der Waals surface area (Å²) in [6.45, 7) is 3.87. The van der Waals surface area contributed by atoms with Crippen LogP contribution in [0.3, 0.4) is 0 Å². The summed E-state index contributed by atoms with van der Waals surface area (Å²) >= 11 is 0. The molecule has 0 atom stereocenters. The van der Waals surface area contributed by atoms with Crippen LogP contribution in [0.15, 0.2) is 55.3 Å². The van der Waals surface area contributed by atoms with Crippen LogP contribution in [-0.2, 0) is 6.54 Å². The zero-order chi connectivity index (χ0) is 20.7. The number of amides is 1. The van der Waals surface area contributed by atoms with Crippen LogP contribution in [0, 0.1) is 6.92 Å². The fourth-order valence-electron chi connectivity index (χ4n) is 3.19. The number of hydrogen-bond acceptors (Lipinski definition) is 6. The number of carbonyl (C=O) groups is 1. The van der Waals surface area contributed by atoms with Gasteiger partial charge < -0.3 is 9.73 Å². The number of anilines is 1. The lowest BCUT2D eigenvalue weighted by Gasteiger charge is -2.09. The van der Waals surface area contributed by atoms with Crippen molar-refractivity contribution in [1.82, 2.24) is 14.5 Å². The van der Waals surface area contributed by atoms with Crippen molar-refractivity contribution in [2.75, 3.05) is 5.32 Å². The molecular weight excluding hydrogens is 376 g/mol. The molecule has 0 aliphatic heterocycles. The van der Waals surface area contributed by atoms with Gasteiger partial charge in [0.1, 0.15) is 11.2 Å². The minimum Gasteiger partial charge on any atom is -0.423 e. The van der Waals surface area contributed by atoms with E-state index >= 15 is 0 Å². The number of rotatable bonds is 3. The lowest BCUT2D eigenvalue weighted by molar-refractivity contribution is 0.102. The summed E-state index contributed by atoms with van der Waals surface area (Å²) in [5, 5.41) is 3.59. The quantitative estimate of drug-likeness (QED) is 0.512. The first kappa shape index (κ1) is 18.4. The number of fused-ring (bicyclic) bond motifs is 2. The highest BCUT2D eigenvalue weighted by molar-refractivity contribution is 6.06. The number of aromatic nitrogens is 3. The van der Waals surface area contributed by atoms with Gasteiger partial charge in [-0.05, 0) is 37.6 Å². The number of nitrogens with one attached hydrogen (secondary N) is 2. The number of H-pyrrole nitrogens is 1. The lowest BCUT2D eigenvalue weighted by atomic mass is 10.1. The van der Waals surface area contributed by atoms with Crippen molar-refractivity contribution in [2.45, 2.75) is 20.4 Å². The average Bonchev–Trinajstić information content (AvgIpc) is 2.67. The van der Waals surface area contributed by atoms with Crippen molar-refractivity contribution in [2.24, 2.45) is 0 Å². The maximum absolute atomic E-state index is 12.6. The maximum atomic E-state index is 12.6. The molecule has 0 radical (unpaired) electrons. The Hall–Kier alpha value is -4.01. The van der Waals surface area contributed by atoms with Gasteiger partial charge in [-0.3, -0.25) is 19.1 Å². The Kier molecular flexibility index (Phi) is 4.34. The molecule has 0 saturated carbocycles. The highest BCUT2D eigenvalue weighted by atomic mass is 16.4. The van der Waals surface area contributed by atoms with Gasteiger partial charge in [-0.1, -0.05) is 0 Å². The summed E-state index contributed by atoms with van der Waals surface area (Å²) in [5.41, 5.74) is 0.266. The molecule has 0 unspecified atom stereocenters. The van der Waals surface area contributed by atoms with E-state index in [1.165, 1.54) is 22.9 Å². The number of aromatic amines is 1. The van der Waals surface area contributed by atoms with E-state index in [9.17, 15) is 19.2 Å². The van der Waals surface area contributed by atoms with Gasteiger partial charge in [0.05, 0.1) is 10.9 Å². The Morgan fingerprint density at radius 1 is 1.17 bits per heavy atom. The van der Waals surface area contributed by atoms with Gasteiger partial charge >= 0.3 is 11.3 Å². The highest BCUT2D eigenvalue weighted by Crippen LogP contribution is 2.21. The zero-order valence-electron chi connectivity index (χ0n) is 15.6. The van der Waals surface area contributed by atoms with Crippen LogP contribution in [0.2, 0.25) is 0 Å². The molecule has 9 heteroatoms. The minimum atomic E-state index is -0.611. The summed E-state index contributed by atoms with van der Waals surface area (Å²) in [7, 11) is 0. The fraction of sp³-hybridized carbons (Fsp3) is 0.150. The monoisotopic (exact) mass is 392 g/mol. The summed E-state index contributed by atoms with van der Waals surface area (Å²) in [5.74, 6) is -0.498. The summed E-state index contributed by atoms with van der Waals surface area (Å²) in [6.07, 6.45) is 1.30. The van der Waals surface area contributed by atoms with Gasteiger partial charge in [-0.25, -0.2) is 14.6 Å². The van der Waals surface area contributed by atoms with Crippen molar-refractivity contribution >= 4 is 33.6 Å². The zero-order valence-corrected chi connectivity index (χ0v) is 15.6. The van der Waals surface area contributed by atoms with Crippen LogP contribution in [0.4, 0.5) is 5.69 Å². The molecule has 1 aromatic carbocycles. The smallest absolute Gasteiger partial charge is 0.336 e. The van der Waals surface area contributed by atoms with Crippen molar-refractivity contribution in [3.8, 4) is 0 Å². The predicted octanol–water partition coefficient (Wildman–Crippen LogP) is 1.77. The number of benzene rings is 1. The van der Waals surface area contributed by atoms with Crippen LogP contribution < -0.4 is 22.2 Å². The number of nitrogens with zero attached hydrogens (tertiary/aromatic N) is 2. The molecule has 2 N–H and O–H groups in total. The molecule has 0 aliphatic carbocycles. The average molecular weight is 392 g/mol. The van der Waals surface area contributed by atoms with Crippen molar-refractivity contribution < 1.29 is 9.21 Å². The predicted molar refractivity (Wildman–Crippen MR) is 107 cm³/mol. The third-order valence-electron chi connectivity index (χ3n) is 4.62. The second-order valence-corrected chi connectivity index (χ2v) is 6.51. The molecule has 9 nitrogen and oxygen atoms in total.